The van der Waals surface area contributed by atoms with E-state index in [2.05, 4.69) is 15.5 Å². The molecule has 1 fully saturated rings. The van der Waals surface area contributed by atoms with Crippen molar-refractivity contribution >= 4 is 23.5 Å². The third kappa shape index (κ3) is 4.57. The number of carbonyl (C=O) groups is 2. The number of rotatable bonds is 4. The van der Waals surface area contributed by atoms with Gasteiger partial charge in [0.2, 0.25) is 0 Å². The van der Waals surface area contributed by atoms with Crippen LogP contribution in [0.15, 0.2) is 30.3 Å². The maximum Gasteiger partial charge on any atom is 0.409 e. The van der Waals surface area contributed by atoms with E-state index < -0.39 is 0 Å². The number of hydrogen-bond donors (Lipinski definition) is 1. The van der Waals surface area contributed by atoms with E-state index in [-0.39, 0.29) is 17.7 Å². The number of aromatic nitrogens is 2. The molecule has 1 saturated heterocycles. The van der Waals surface area contributed by atoms with Crippen LogP contribution in [0.2, 0.25) is 0 Å². The molecule has 0 radical (unpaired) electrons. The maximum atomic E-state index is 12.5. The van der Waals surface area contributed by atoms with Crippen molar-refractivity contribution in [1.29, 1.82) is 0 Å². The zero-order chi connectivity index (χ0) is 20.1. The van der Waals surface area contributed by atoms with Crippen molar-refractivity contribution in [3.05, 3.63) is 47.2 Å². The van der Waals surface area contributed by atoms with Crippen LogP contribution in [0.5, 0.6) is 0 Å². The zero-order valence-electron chi connectivity index (χ0n) is 16.4. The smallest absolute Gasteiger partial charge is 0.409 e. The van der Waals surface area contributed by atoms with Crippen molar-refractivity contribution in [2.75, 3.05) is 43.0 Å². The summed E-state index contributed by atoms with van der Waals surface area (Å²) in [6.45, 7) is 8.50. The number of benzene rings is 1. The molecule has 1 aromatic heterocycles. The van der Waals surface area contributed by atoms with Crippen molar-refractivity contribution < 1.29 is 14.3 Å². The van der Waals surface area contributed by atoms with Gasteiger partial charge in [-0.05, 0) is 50.1 Å². The minimum Gasteiger partial charge on any atom is -0.450 e. The largest absolute Gasteiger partial charge is 0.450 e. The van der Waals surface area contributed by atoms with Crippen LogP contribution in [0.4, 0.5) is 16.3 Å². The molecule has 1 N–H and O–H groups in total. The Hall–Kier alpha value is -3.16. The molecule has 8 nitrogen and oxygen atoms in total. The van der Waals surface area contributed by atoms with E-state index >= 15 is 0 Å². The lowest BCUT2D eigenvalue weighted by molar-refractivity contribution is 0.101. The monoisotopic (exact) mass is 383 g/mol. The SMILES string of the molecule is CCOC(=O)N1CCN(c2ccc(C(=O)Nc3cc(C)ccc3C)nn2)CC1. The molecule has 0 bridgehead atoms. The summed E-state index contributed by atoms with van der Waals surface area (Å²) in [5.41, 5.74) is 3.09. The highest BCUT2D eigenvalue weighted by atomic mass is 16.6. The first-order chi connectivity index (χ1) is 13.5. The Morgan fingerprint density at radius 2 is 1.82 bits per heavy atom. The molecule has 0 unspecified atom stereocenters. The number of amides is 2. The molecule has 2 heterocycles. The van der Waals surface area contributed by atoms with Gasteiger partial charge in [-0.1, -0.05) is 12.1 Å². The Kier molecular flexibility index (Phi) is 6.08. The molecule has 8 heteroatoms. The lowest BCUT2D eigenvalue weighted by Crippen LogP contribution is -2.49. The second kappa shape index (κ2) is 8.69. The number of anilines is 2. The topological polar surface area (TPSA) is 87.7 Å². The van der Waals surface area contributed by atoms with Crippen LogP contribution >= 0.6 is 0 Å². The highest BCUT2D eigenvalue weighted by Gasteiger charge is 2.23. The molecule has 1 aliphatic heterocycles. The molecular weight excluding hydrogens is 358 g/mol. The molecule has 2 aromatic rings. The lowest BCUT2D eigenvalue weighted by Gasteiger charge is -2.34. The third-order valence-electron chi connectivity index (χ3n) is 4.65. The quantitative estimate of drug-likeness (QED) is 0.873. The fraction of sp³-hybridized carbons (Fsp3) is 0.400. The van der Waals surface area contributed by atoms with Gasteiger partial charge in [0.25, 0.3) is 5.91 Å². The molecule has 1 aliphatic rings. The maximum absolute atomic E-state index is 12.5. The molecular formula is C20H25N5O3. The van der Waals surface area contributed by atoms with E-state index in [0.29, 0.717) is 38.6 Å². The number of hydrogen-bond acceptors (Lipinski definition) is 6. The van der Waals surface area contributed by atoms with Gasteiger partial charge in [-0.3, -0.25) is 4.79 Å². The summed E-state index contributed by atoms with van der Waals surface area (Å²) < 4.78 is 5.02. The molecule has 0 atom stereocenters. The van der Waals surface area contributed by atoms with Gasteiger partial charge in [0.05, 0.1) is 6.61 Å². The van der Waals surface area contributed by atoms with Crippen molar-refractivity contribution in [2.24, 2.45) is 0 Å². The van der Waals surface area contributed by atoms with E-state index in [1.807, 2.05) is 36.9 Å². The van der Waals surface area contributed by atoms with E-state index in [1.165, 1.54) is 0 Å². The van der Waals surface area contributed by atoms with Crippen LogP contribution < -0.4 is 10.2 Å². The van der Waals surface area contributed by atoms with E-state index in [9.17, 15) is 9.59 Å². The highest BCUT2D eigenvalue weighted by Crippen LogP contribution is 2.18. The number of piperazine rings is 1. The van der Waals surface area contributed by atoms with Gasteiger partial charge < -0.3 is 19.9 Å². The lowest BCUT2D eigenvalue weighted by atomic mass is 10.1. The third-order valence-corrected chi connectivity index (χ3v) is 4.65. The molecule has 1 aromatic carbocycles. The van der Waals surface area contributed by atoms with Crippen LogP contribution in [-0.2, 0) is 4.74 Å². The highest BCUT2D eigenvalue weighted by molar-refractivity contribution is 6.03. The summed E-state index contributed by atoms with van der Waals surface area (Å²) in [7, 11) is 0. The first-order valence-corrected chi connectivity index (χ1v) is 9.37. The number of ether oxygens (including phenoxy) is 1. The number of aryl methyl sites for hydroxylation is 2. The van der Waals surface area contributed by atoms with E-state index in [4.69, 9.17) is 4.74 Å². The summed E-state index contributed by atoms with van der Waals surface area (Å²) in [5.74, 6) is 0.395. The predicted octanol–water partition coefficient (Wildman–Crippen LogP) is 2.62. The summed E-state index contributed by atoms with van der Waals surface area (Å²) >= 11 is 0. The van der Waals surface area contributed by atoms with Gasteiger partial charge >= 0.3 is 6.09 Å². The average Bonchev–Trinajstić information content (AvgIpc) is 2.71. The van der Waals surface area contributed by atoms with Crippen LogP contribution in [0.1, 0.15) is 28.5 Å². The molecule has 0 spiro atoms. The summed E-state index contributed by atoms with van der Waals surface area (Å²) in [5, 5.41) is 11.2. The molecule has 28 heavy (non-hydrogen) atoms. The minimum atomic E-state index is -0.292. The van der Waals surface area contributed by atoms with Gasteiger partial charge in [0.1, 0.15) is 0 Å². The Morgan fingerprint density at radius 1 is 1.07 bits per heavy atom. The number of nitrogens with zero attached hydrogens (tertiary/aromatic N) is 4. The first-order valence-electron chi connectivity index (χ1n) is 9.37. The average molecular weight is 383 g/mol. The second-order valence-corrected chi connectivity index (χ2v) is 6.72. The van der Waals surface area contributed by atoms with Crippen LogP contribution in [0.25, 0.3) is 0 Å². The fourth-order valence-corrected chi connectivity index (χ4v) is 3.00. The van der Waals surface area contributed by atoms with E-state index in [1.54, 1.807) is 24.0 Å². The van der Waals surface area contributed by atoms with Gasteiger partial charge in [-0.15, -0.1) is 10.2 Å². The standard InChI is InChI=1S/C20H25N5O3/c1-4-28-20(27)25-11-9-24(10-12-25)18-8-7-16(22-23-18)19(26)21-17-13-14(2)5-6-15(17)3/h5-8,13H,4,9-12H2,1-3H3,(H,21,26). The van der Waals surface area contributed by atoms with Crippen molar-refractivity contribution in [2.45, 2.75) is 20.8 Å². The molecule has 0 saturated carbocycles. The second-order valence-electron chi connectivity index (χ2n) is 6.72. The zero-order valence-corrected chi connectivity index (χ0v) is 16.4. The van der Waals surface area contributed by atoms with E-state index in [0.717, 1.165) is 16.8 Å². The number of carbonyl (C=O) groups excluding carboxylic acids is 2. The Bertz CT molecular complexity index is 845. The molecule has 2 amide bonds. The summed E-state index contributed by atoms with van der Waals surface area (Å²) in [4.78, 5) is 27.9. The Balaban J connectivity index is 1.60. The molecule has 0 aliphatic carbocycles. The van der Waals surface area contributed by atoms with Crippen LogP contribution in [0, 0.1) is 13.8 Å². The van der Waals surface area contributed by atoms with Gasteiger partial charge in [0, 0.05) is 31.9 Å². The van der Waals surface area contributed by atoms with Crippen molar-refractivity contribution in [3.8, 4) is 0 Å². The minimum absolute atomic E-state index is 0.259. The van der Waals surface area contributed by atoms with Crippen LogP contribution in [-0.4, -0.2) is 59.9 Å². The molecule has 148 valence electrons. The van der Waals surface area contributed by atoms with Gasteiger partial charge in [-0.25, -0.2) is 4.79 Å². The predicted molar refractivity (Wildman–Crippen MR) is 107 cm³/mol. The van der Waals surface area contributed by atoms with Gasteiger partial charge in [-0.2, -0.15) is 0 Å². The van der Waals surface area contributed by atoms with Gasteiger partial charge in [0.15, 0.2) is 11.5 Å². The van der Waals surface area contributed by atoms with Crippen molar-refractivity contribution in [1.82, 2.24) is 15.1 Å². The fourth-order valence-electron chi connectivity index (χ4n) is 3.00. The first kappa shape index (κ1) is 19.6. The Labute approximate surface area is 164 Å². The number of nitrogens with one attached hydrogen (secondary N) is 1. The van der Waals surface area contributed by atoms with Crippen LogP contribution in [0.3, 0.4) is 0 Å². The van der Waals surface area contributed by atoms with Crippen molar-refractivity contribution in [3.63, 3.8) is 0 Å². The Morgan fingerprint density at radius 3 is 2.46 bits per heavy atom. The summed E-state index contributed by atoms with van der Waals surface area (Å²) in [6, 6.07) is 9.35. The molecule has 3 rings (SSSR count). The summed E-state index contributed by atoms with van der Waals surface area (Å²) in [6.07, 6.45) is -0.285. The normalized spacial score (nSPS) is 14.0.